The standard InChI is InChI=1S/C21H20N4O3/c1-2-19(27)25-11-21(12-25)9-14(10-28-21)16-7-13-8-17(23-24-20(13)22-16)15-5-3-4-6-18(15)26/h2-8,14,26H,1,9-12H2,(H,22,24). The van der Waals surface area contributed by atoms with Crippen LogP contribution in [-0.2, 0) is 9.53 Å². The number of hydrogen-bond acceptors (Lipinski definition) is 5. The summed E-state index contributed by atoms with van der Waals surface area (Å²) in [7, 11) is 0. The van der Waals surface area contributed by atoms with Crippen molar-refractivity contribution in [2.24, 2.45) is 0 Å². The van der Waals surface area contributed by atoms with Gasteiger partial charge in [-0.3, -0.25) is 4.79 Å². The molecule has 2 aliphatic heterocycles. The molecule has 2 fully saturated rings. The maximum atomic E-state index is 11.7. The van der Waals surface area contributed by atoms with Gasteiger partial charge in [-0.2, -0.15) is 0 Å². The van der Waals surface area contributed by atoms with Gasteiger partial charge < -0.3 is 19.7 Å². The highest BCUT2D eigenvalue weighted by molar-refractivity contribution is 5.88. The number of aromatic amines is 1. The lowest BCUT2D eigenvalue weighted by Gasteiger charge is -2.46. The minimum atomic E-state index is -0.243. The van der Waals surface area contributed by atoms with Crippen LogP contribution in [0, 0.1) is 0 Å². The Bertz CT molecular complexity index is 1080. The third-order valence-corrected chi connectivity index (χ3v) is 5.67. The minimum absolute atomic E-state index is 0.0461. The van der Waals surface area contributed by atoms with Gasteiger partial charge in [0.2, 0.25) is 5.91 Å². The number of benzene rings is 1. The van der Waals surface area contributed by atoms with Gasteiger partial charge in [0.15, 0.2) is 5.65 Å². The molecular weight excluding hydrogens is 356 g/mol. The predicted molar refractivity (Wildman–Crippen MR) is 104 cm³/mol. The molecule has 2 N–H and O–H groups in total. The van der Waals surface area contributed by atoms with Gasteiger partial charge in [-0.05, 0) is 36.8 Å². The molecule has 1 unspecified atom stereocenters. The van der Waals surface area contributed by atoms with Gasteiger partial charge in [0.25, 0.3) is 0 Å². The summed E-state index contributed by atoms with van der Waals surface area (Å²) in [5.74, 6) is 0.362. The number of amides is 1. The Hall–Kier alpha value is -3.19. The number of rotatable bonds is 3. The molecule has 3 aromatic rings. The molecule has 0 radical (unpaired) electrons. The Balaban J connectivity index is 1.37. The van der Waals surface area contributed by atoms with E-state index in [0.29, 0.717) is 36.6 Å². The molecule has 5 rings (SSSR count). The number of likely N-dealkylation sites (tertiary alicyclic amines) is 1. The minimum Gasteiger partial charge on any atom is -0.507 e. The maximum Gasteiger partial charge on any atom is 0.246 e. The van der Waals surface area contributed by atoms with Crippen LogP contribution in [0.4, 0.5) is 0 Å². The summed E-state index contributed by atoms with van der Waals surface area (Å²) in [6.45, 7) is 5.38. The second-order valence-electron chi connectivity index (χ2n) is 7.57. The molecular formula is C21H20N4O3. The first-order valence-corrected chi connectivity index (χ1v) is 9.27. The molecule has 7 heteroatoms. The first-order valence-electron chi connectivity index (χ1n) is 9.27. The van der Waals surface area contributed by atoms with E-state index in [0.717, 1.165) is 17.5 Å². The van der Waals surface area contributed by atoms with E-state index < -0.39 is 0 Å². The zero-order chi connectivity index (χ0) is 19.3. The van der Waals surface area contributed by atoms with Gasteiger partial charge in [0.05, 0.1) is 25.4 Å². The van der Waals surface area contributed by atoms with Gasteiger partial charge >= 0.3 is 0 Å². The number of carbonyl (C=O) groups is 1. The molecule has 1 amide bonds. The molecule has 4 heterocycles. The number of para-hydroxylation sites is 1. The number of aromatic nitrogens is 3. The molecule has 1 spiro atoms. The summed E-state index contributed by atoms with van der Waals surface area (Å²) < 4.78 is 6.06. The third kappa shape index (κ3) is 2.66. The molecule has 142 valence electrons. The molecule has 0 bridgehead atoms. The summed E-state index contributed by atoms with van der Waals surface area (Å²) in [4.78, 5) is 16.8. The van der Waals surface area contributed by atoms with Crippen LogP contribution < -0.4 is 0 Å². The van der Waals surface area contributed by atoms with Crippen LogP contribution in [0.25, 0.3) is 22.3 Å². The van der Waals surface area contributed by atoms with Gasteiger partial charge in [-0.15, -0.1) is 10.2 Å². The number of ether oxygens (including phenoxy) is 1. The van der Waals surface area contributed by atoms with Crippen LogP contribution in [0.1, 0.15) is 18.0 Å². The fraction of sp³-hybridized carbons (Fsp3) is 0.286. The number of H-pyrrole nitrogens is 1. The summed E-state index contributed by atoms with van der Waals surface area (Å²) in [5.41, 5.74) is 2.82. The molecule has 28 heavy (non-hydrogen) atoms. The predicted octanol–water partition coefficient (Wildman–Crippen LogP) is 2.60. The number of nitrogens with one attached hydrogen (secondary N) is 1. The molecule has 2 saturated heterocycles. The quantitative estimate of drug-likeness (QED) is 0.686. The van der Waals surface area contributed by atoms with Crippen molar-refractivity contribution in [2.75, 3.05) is 19.7 Å². The van der Waals surface area contributed by atoms with E-state index >= 15 is 0 Å². The normalized spacial score (nSPS) is 20.4. The number of aromatic hydroxyl groups is 1. The number of hydrogen-bond donors (Lipinski definition) is 2. The Morgan fingerprint density at radius 3 is 2.93 bits per heavy atom. The summed E-state index contributed by atoms with van der Waals surface area (Å²) in [6.07, 6.45) is 2.21. The first kappa shape index (κ1) is 16.9. The average molecular weight is 376 g/mol. The van der Waals surface area contributed by atoms with E-state index in [9.17, 15) is 9.90 Å². The van der Waals surface area contributed by atoms with Crippen molar-refractivity contribution in [3.63, 3.8) is 0 Å². The Kier molecular flexibility index (Phi) is 3.73. The van der Waals surface area contributed by atoms with Gasteiger partial charge in [-0.25, -0.2) is 0 Å². The van der Waals surface area contributed by atoms with Crippen molar-refractivity contribution < 1.29 is 14.6 Å². The Labute approximate surface area is 161 Å². The number of phenols is 1. The van der Waals surface area contributed by atoms with E-state index in [1.165, 1.54) is 6.08 Å². The van der Waals surface area contributed by atoms with E-state index in [4.69, 9.17) is 4.74 Å². The SMILES string of the molecule is C=CC(=O)N1CC2(CC(c3cc4cc(-c5ccccc5O)nnc4[nH]3)CO2)C1. The lowest BCUT2D eigenvalue weighted by Crippen LogP contribution is -2.62. The van der Waals surface area contributed by atoms with Crippen molar-refractivity contribution in [3.8, 4) is 17.0 Å². The Morgan fingerprint density at radius 1 is 1.32 bits per heavy atom. The molecule has 2 aliphatic rings. The van der Waals surface area contributed by atoms with Gasteiger partial charge in [-0.1, -0.05) is 18.7 Å². The van der Waals surface area contributed by atoms with E-state index in [2.05, 4.69) is 27.8 Å². The van der Waals surface area contributed by atoms with Crippen molar-refractivity contribution in [1.82, 2.24) is 20.1 Å². The van der Waals surface area contributed by atoms with E-state index in [-0.39, 0.29) is 23.2 Å². The molecule has 2 aromatic heterocycles. The molecule has 7 nitrogen and oxygen atoms in total. The molecule has 1 atom stereocenters. The topological polar surface area (TPSA) is 91.3 Å². The van der Waals surface area contributed by atoms with Crippen molar-refractivity contribution >= 4 is 16.9 Å². The molecule has 0 aliphatic carbocycles. The highest BCUT2D eigenvalue weighted by Gasteiger charge is 2.51. The van der Waals surface area contributed by atoms with E-state index in [1.54, 1.807) is 17.0 Å². The average Bonchev–Trinajstić information content (AvgIpc) is 3.30. The largest absolute Gasteiger partial charge is 0.507 e. The third-order valence-electron chi connectivity index (χ3n) is 5.67. The second kappa shape index (κ2) is 6.17. The van der Waals surface area contributed by atoms with Gasteiger partial charge in [0, 0.05) is 22.6 Å². The second-order valence-corrected chi connectivity index (χ2v) is 7.57. The molecule has 0 saturated carbocycles. The van der Waals surface area contributed by atoms with E-state index in [1.807, 2.05) is 18.2 Å². The number of fused-ring (bicyclic) bond motifs is 1. The van der Waals surface area contributed by atoms with Crippen molar-refractivity contribution in [2.45, 2.75) is 17.9 Å². The van der Waals surface area contributed by atoms with Gasteiger partial charge in [0.1, 0.15) is 11.4 Å². The monoisotopic (exact) mass is 376 g/mol. The van der Waals surface area contributed by atoms with Crippen molar-refractivity contribution in [3.05, 3.63) is 54.7 Å². The van der Waals surface area contributed by atoms with Crippen LogP contribution >= 0.6 is 0 Å². The van der Waals surface area contributed by atoms with Crippen LogP contribution in [0.2, 0.25) is 0 Å². The lowest BCUT2D eigenvalue weighted by molar-refractivity contribution is -0.152. The lowest BCUT2D eigenvalue weighted by atomic mass is 9.86. The number of carbonyl (C=O) groups excluding carboxylic acids is 1. The maximum absolute atomic E-state index is 11.7. The highest BCUT2D eigenvalue weighted by Crippen LogP contribution is 2.42. The fourth-order valence-corrected chi connectivity index (χ4v) is 4.19. The van der Waals surface area contributed by atoms with Crippen LogP contribution in [0.5, 0.6) is 5.75 Å². The first-order chi connectivity index (χ1) is 13.6. The number of phenolic OH excluding ortho intramolecular Hbond substituents is 1. The van der Waals surface area contributed by atoms with Crippen molar-refractivity contribution in [1.29, 1.82) is 0 Å². The van der Waals surface area contributed by atoms with Crippen LogP contribution in [0.15, 0.2) is 49.1 Å². The zero-order valence-electron chi connectivity index (χ0n) is 15.3. The van der Waals surface area contributed by atoms with Crippen LogP contribution in [0.3, 0.4) is 0 Å². The summed E-state index contributed by atoms with van der Waals surface area (Å²) >= 11 is 0. The zero-order valence-corrected chi connectivity index (χ0v) is 15.3. The highest BCUT2D eigenvalue weighted by atomic mass is 16.5. The fourth-order valence-electron chi connectivity index (χ4n) is 4.19. The van der Waals surface area contributed by atoms with Crippen LogP contribution in [-0.4, -0.2) is 56.4 Å². The number of nitrogens with zero attached hydrogens (tertiary/aromatic N) is 3. The molecule has 1 aromatic carbocycles. The smallest absolute Gasteiger partial charge is 0.246 e. The summed E-state index contributed by atoms with van der Waals surface area (Å²) in [5, 5.41) is 19.5. The Morgan fingerprint density at radius 2 is 2.14 bits per heavy atom. The summed E-state index contributed by atoms with van der Waals surface area (Å²) in [6, 6.07) is 11.1.